The summed E-state index contributed by atoms with van der Waals surface area (Å²) in [4.78, 5) is 14.4. The number of para-hydroxylation sites is 1. The van der Waals surface area contributed by atoms with Crippen LogP contribution in [0.15, 0.2) is 67.0 Å². The first-order valence-electron chi connectivity index (χ1n) is 8.20. The van der Waals surface area contributed by atoms with Crippen LogP contribution in [0.4, 0.5) is 0 Å². The largest absolute Gasteiger partial charge is 0.508 e. The van der Waals surface area contributed by atoms with Crippen molar-refractivity contribution in [3.05, 3.63) is 78.1 Å². The normalized spacial score (nSPS) is 11.9. The average Bonchev–Trinajstić information content (AvgIpc) is 3.13. The Morgan fingerprint density at radius 2 is 1.84 bits per heavy atom. The molecule has 1 heterocycles. The number of carbonyl (C=O) groups is 1. The molecule has 0 aliphatic carbocycles. The zero-order valence-corrected chi connectivity index (χ0v) is 14.3. The van der Waals surface area contributed by atoms with Gasteiger partial charge in [-0.05, 0) is 43.2 Å². The molecule has 3 rings (SSSR count). The molecule has 0 spiro atoms. The smallest absolute Gasteiger partial charge is 0.257 e. The SMILES string of the molecule is C[C@@H](Cc1ccc(O)cc1)N(C)C(=O)c1cnn(-c2ccccc2)c1. The lowest BCUT2D eigenvalue weighted by Gasteiger charge is -2.24. The number of hydrogen-bond acceptors (Lipinski definition) is 3. The van der Waals surface area contributed by atoms with E-state index >= 15 is 0 Å². The number of rotatable bonds is 5. The molecule has 0 unspecified atom stereocenters. The quantitative estimate of drug-likeness (QED) is 0.778. The van der Waals surface area contributed by atoms with Crippen LogP contribution in [-0.2, 0) is 6.42 Å². The van der Waals surface area contributed by atoms with Crippen molar-refractivity contribution in [2.45, 2.75) is 19.4 Å². The van der Waals surface area contributed by atoms with E-state index in [4.69, 9.17) is 0 Å². The molecule has 1 atom stereocenters. The third-order valence-corrected chi connectivity index (χ3v) is 4.30. The molecule has 3 aromatic rings. The number of hydrogen-bond donors (Lipinski definition) is 1. The maximum atomic E-state index is 12.7. The maximum absolute atomic E-state index is 12.7. The number of phenolic OH excluding ortho intramolecular Hbond substituents is 1. The Hall–Kier alpha value is -3.08. The summed E-state index contributed by atoms with van der Waals surface area (Å²) < 4.78 is 1.70. The van der Waals surface area contributed by atoms with Crippen molar-refractivity contribution in [2.75, 3.05) is 7.05 Å². The Labute approximate surface area is 147 Å². The van der Waals surface area contributed by atoms with Crippen LogP contribution in [0.2, 0.25) is 0 Å². The highest BCUT2D eigenvalue weighted by molar-refractivity contribution is 5.93. The Kier molecular flexibility index (Phi) is 4.84. The zero-order valence-electron chi connectivity index (χ0n) is 14.3. The van der Waals surface area contributed by atoms with Gasteiger partial charge in [0.05, 0.1) is 17.4 Å². The van der Waals surface area contributed by atoms with Crippen molar-refractivity contribution >= 4 is 5.91 Å². The van der Waals surface area contributed by atoms with E-state index in [1.165, 1.54) is 0 Å². The van der Waals surface area contributed by atoms with E-state index < -0.39 is 0 Å². The van der Waals surface area contributed by atoms with E-state index in [0.29, 0.717) is 5.56 Å². The van der Waals surface area contributed by atoms with E-state index in [-0.39, 0.29) is 17.7 Å². The molecule has 2 aromatic carbocycles. The van der Waals surface area contributed by atoms with E-state index in [1.807, 2.05) is 49.4 Å². The predicted molar refractivity (Wildman–Crippen MR) is 96.9 cm³/mol. The summed E-state index contributed by atoms with van der Waals surface area (Å²) in [6, 6.07) is 16.8. The third-order valence-electron chi connectivity index (χ3n) is 4.30. The van der Waals surface area contributed by atoms with Crippen LogP contribution >= 0.6 is 0 Å². The molecule has 0 saturated carbocycles. The Bertz CT molecular complexity index is 841. The van der Waals surface area contributed by atoms with E-state index in [9.17, 15) is 9.90 Å². The molecule has 0 radical (unpaired) electrons. The first-order valence-corrected chi connectivity index (χ1v) is 8.20. The van der Waals surface area contributed by atoms with Crippen molar-refractivity contribution < 1.29 is 9.90 Å². The topological polar surface area (TPSA) is 58.4 Å². The van der Waals surface area contributed by atoms with Gasteiger partial charge in [0.2, 0.25) is 0 Å². The average molecular weight is 335 g/mol. The summed E-state index contributed by atoms with van der Waals surface area (Å²) in [5.41, 5.74) is 2.55. The first-order chi connectivity index (χ1) is 12.0. The Morgan fingerprint density at radius 3 is 2.52 bits per heavy atom. The fraction of sp³-hybridized carbons (Fsp3) is 0.200. The van der Waals surface area contributed by atoms with Crippen molar-refractivity contribution in [1.82, 2.24) is 14.7 Å². The van der Waals surface area contributed by atoms with Crippen LogP contribution in [0.1, 0.15) is 22.8 Å². The highest BCUT2D eigenvalue weighted by Crippen LogP contribution is 2.15. The van der Waals surface area contributed by atoms with E-state index in [2.05, 4.69) is 5.10 Å². The van der Waals surface area contributed by atoms with Crippen LogP contribution < -0.4 is 0 Å². The third kappa shape index (κ3) is 3.88. The van der Waals surface area contributed by atoms with Crippen molar-refractivity contribution in [2.24, 2.45) is 0 Å². The van der Waals surface area contributed by atoms with Gasteiger partial charge in [0.15, 0.2) is 0 Å². The standard InChI is InChI=1S/C20H21N3O2/c1-15(12-16-8-10-19(24)11-9-16)22(2)20(25)17-13-21-23(14-17)18-6-4-3-5-7-18/h3-11,13-15,24H,12H2,1-2H3/t15-/m0/s1. The summed E-state index contributed by atoms with van der Waals surface area (Å²) in [6.45, 7) is 2.01. The minimum absolute atomic E-state index is 0.0251. The fourth-order valence-electron chi connectivity index (χ4n) is 2.67. The Morgan fingerprint density at radius 1 is 1.16 bits per heavy atom. The number of aromatic nitrogens is 2. The molecule has 0 fully saturated rings. The molecule has 5 heteroatoms. The van der Waals surface area contributed by atoms with Crippen LogP contribution in [0.3, 0.4) is 0 Å². The minimum atomic E-state index is -0.0616. The van der Waals surface area contributed by atoms with Gasteiger partial charge in [-0.1, -0.05) is 30.3 Å². The van der Waals surface area contributed by atoms with Crippen molar-refractivity contribution in [1.29, 1.82) is 0 Å². The Balaban J connectivity index is 1.69. The van der Waals surface area contributed by atoms with Crippen LogP contribution in [0, 0.1) is 0 Å². The van der Waals surface area contributed by atoms with E-state index in [0.717, 1.165) is 17.7 Å². The number of nitrogens with zero attached hydrogens (tertiary/aromatic N) is 3. The zero-order chi connectivity index (χ0) is 17.8. The molecular formula is C20H21N3O2. The molecule has 0 saturated heterocycles. The summed E-state index contributed by atoms with van der Waals surface area (Å²) >= 11 is 0. The number of likely N-dealkylation sites (N-methyl/N-ethyl adjacent to an activating group) is 1. The van der Waals surface area contributed by atoms with Crippen molar-refractivity contribution in [3.8, 4) is 11.4 Å². The second kappa shape index (κ2) is 7.21. The molecule has 0 bridgehead atoms. The molecule has 0 aliphatic heterocycles. The minimum Gasteiger partial charge on any atom is -0.508 e. The predicted octanol–water partition coefficient (Wildman–Crippen LogP) is 3.28. The highest BCUT2D eigenvalue weighted by atomic mass is 16.3. The molecule has 0 aliphatic rings. The van der Waals surface area contributed by atoms with Crippen LogP contribution in [0.25, 0.3) is 5.69 Å². The number of phenols is 1. The van der Waals surface area contributed by atoms with Crippen molar-refractivity contribution in [3.63, 3.8) is 0 Å². The van der Waals surface area contributed by atoms with Crippen LogP contribution in [0.5, 0.6) is 5.75 Å². The second-order valence-corrected chi connectivity index (χ2v) is 6.14. The van der Waals surface area contributed by atoms with Gasteiger partial charge in [0, 0.05) is 19.3 Å². The lowest BCUT2D eigenvalue weighted by molar-refractivity contribution is 0.0743. The molecular weight excluding hydrogens is 314 g/mol. The van der Waals surface area contributed by atoms with Gasteiger partial charge in [-0.25, -0.2) is 4.68 Å². The summed E-state index contributed by atoms with van der Waals surface area (Å²) in [5.74, 6) is 0.183. The second-order valence-electron chi connectivity index (χ2n) is 6.14. The summed E-state index contributed by atoms with van der Waals surface area (Å²) in [6.07, 6.45) is 4.07. The monoisotopic (exact) mass is 335 g/mol. The van der Waals surface area contributed by atoms with Gasteiger partial charge < -0.3 is 10.0 Å². The molecule has 25 heavy (non-hydrogen) atoms. The lowest BCUT2D eigenvalue weighted by Crippen LogP contribution is -2.36. The summed E-state index contributed by atoms with van der Waals surface area (Å²) in [7, 11) is 1.80. The molecule has 1 amide bonds. The van der Waals surface area contributed by atoms with Gasteiger partial charge in [-0.2, -0.15) is 5.10 Å². The first kappa shape index (κ1) is 16.8. The molecule has 1 N–H and O–H groups in total. The number of carbonyl (C=O) groups excluding carboxylic acids is 1. The molecule has 1 aromatic heterocycles. The van der Waals surface area contributed by atoms with Crippen LogP contribution in [-0.4, -0.2) is 38.8 Å². The fourth-order valence-corrected chi connectivity index (χ4v) is 2.67. The van der Waals surface area contributed by atoms with E-state index in [1.54, 1.807) is 41.2 Å². The number of amides is 1. The number of benzene rings is 2. The molecule has 5 nitrogen and oxygen atoms in total. The highest BCUT2D eigenvalue weighted by Gasteiger charge is 2.19. The lowest BCUT2D eigenvalue weighted by atomic mass is 10.1. The van der Waals surface area contributed by atoms with Gasteiger partial charge in [-0.15, -0.1) is 0 Å². The molecule has 128 valence electrons. The van der Waals surface area contributed by atoms with Gasteiger partial charge in [-0.3, -0.25) is 4.79 Å². The van der Waals surface area contributed by atoms with Gasteiger partial charge in [0.1, 0.15) is 5.75 Å². The maximum Gasteiger partial charge on any atom is 0.257 e. The van der Waals surface area contributed by atoms with Gasteiger partial charge >= 0.3 is 0 Å². The van der Waals surface area contributed by atoms with Gasteiger partial charge in [0.25, 0.3) is 5.91 Å². The number of aromatic hydroxyl groups is 1. The summed E-state index contributed by atoms with van der Waals surface area (Å²) in [5, 5.41) is 13.6.